The van der Waals surface area contributed by atoms with Gasteiger partial charge in [0.2, 0.25) is 0 Å². The molecule has 0 aliphatic heterocycles. The molecule has 1 amide bonds. The first kappa shape index (κ1) is 14.3. The van der Waals surface area contributed by atoms with Crippen LogP contribution in [0, 0.1) is 11.8 Å². The molecule has 4 nitrogen and oxygen atoms in total. The first-order valence-electron chi connectivity index (χ1n) is 6.12. The Morgan fingerprint density at radius 1 is 1.55 bits per heavy atom. The highest BCUT2D eigenvalue weighted by Gasteiger charge is 2.13. The van der Waals surface area contributed by atoms with Crippen LogP contribution in [0.2, 0.25) is 0 Å². The van der Waals surface area contributed by atoms with Crippen LogP contribution in [0.25, 0.3) is 0 Å². The maximum absolute atomic E-state index is 12.3. The van der Waals surface area contributed by atoms with Crippen molar-refractivity contribution in [1.29, 1.82) is 0 Å². The van der Waals surface area contributed by atoms with Gasteiger partial charge in [-0.25, -0.2) is 0 Å². The van der Waals surface area contributed by atoms with Gasteiger partial charge < -0.3 is 10.6 Å². The Labute approximate surface area is 122 Å². The molecule has 2 N–H and O–H groups in total. The Morgan fingerprint density at radius 2 is 2.40 bits per heavy atom. The highest BCUT2D eigenvalue weighted by atomic mass is 32.1. The van der Waals surface area contributed by atoms with E-state index in [-0.39, 0.29) is 5.91 Å². The molecule has 0 atom stereocenters. The van der Waals surface area contributed by atoms with E-state index in [4.69, 9.17) is 5.73 Å². The number of pyridine rings is 1. The van der Waals surface area contributed by atoms with E-state index in [2.05, 4.69) is 16.8 Å². The molecule has 2 aromatic rings. The fourth-order valence-corrected chi connectivity index (χ4v) is 2.46. The maximum Gasteiger partial charge on any atom is 0.254 e. The van der Waals surface area contributed by atoms with Gasteiger partial charge in [-0.1, -0.05) is 17.9 Å². The summed E-state index contributed by atoms with van der Waals surface area (Å²) < 4.78 is 0. The Balaban J connectivity index is 2.05. The first-order chi connectivity index (χ1) is 9.70. The quantitative estimate of drug-likeness (QED) is 0.874. The minimum Gasteiger partial charge on any atom is -0.337 e. The topological polar surface area (TPSA) is 59.2 Å². The number of nitrogens with zero attached hydrogens (tertiary/aromatic N) is 2. The third-order valence-electron chi connectivity index (χ3n) is 2.65. The smallest absolute Gasteiger partial charge is 0.254 e. The highest BCUT2D eigenvalue weighted by molar-refractivity contribution is 7.10. The van der Waals surface area contributed by atoms with E-state index in [9.17, 15) is 4.79 Å². The molecule has 0 aliphatic rings. The van der Waals surface area contributed by atoms with Gasteiger partial charge >= 0.3 is 0 Å². The lowest BCUT2D eigenvalue weighted by Crippen LogP contribution is -2.25. The highest BCUT2D eigenvalue weighted by Crippen LogP contribution is 2.16. The van der Waals surface area contributed by atoms with Gasteiger partial charge in [0.15, 0.2) is 0 Å². The number of rotatable bonds is 3. The molecule has 2 heterocycles. The van der Waals surface area contributed by atoms with Crippen LogP contribution in [0.3, 0.4) is 0 Å². The summed E-state index contributed by atoms with van der Waals surface area (Å²) in [5.41, 5.74) is 6.98. The largest absolute Gasteiger partial charge is 0.337 e. The SMILES string of the molecule is CN(Cc1cccnc1)C(=O)c1csc(C#CCN)c1. The van der Waals surface area contributed by atoms with Gasteiger partial charge in [0.1, 0.15) is 0 Å². The lowest BCUT2D eigenvalue weighted by Gasteiger charge is -2.16. The number of carbonyl (C=O) groups excluding carboxylic acids is 1. The standard InChI is InChI=1S/C15H15N3OS/c1-18(10-12-4-3-7-17-9-12)15(19)13-8-14(20-11-13)5-2-6-16/h3-4,7-9,11H,6,10,16H2,1H3. The fraction of sp³-hybridized carbons (Fsp3) is 0.200. The Kier molecular flexibility index (Phi) is 4.88. The molecule has 0 aromatic carbocycles. The minimum absolute atomic E-state index is 0.0223. The fourth-order valence-electron chi connectivity index (χ4n) is 1.71. The molecular weight excluding hydrogens is 270 g/mol. The summed E-state index contributed by atoms with van der Waals surface area (Å²) in [6.07, 6.45) is 3.47. The second kappa shape index (κ2) is 6.85. The van der Waals surface area contributed by atoms with Crippen LogP contribution < -0.4 is 5.73 Å². The number of nitrogens with two attached hydrogens (primary N) is 1. The third kappa shape index (κ3) is 3.67. The van der Waals surface area contributed by atoms with Crippen LogP contribution in [-0.4, -0.2) is 29.4 Å². The molecule has 0 saturated heterocycles. The van der Waals surface area contributed by atoms with Crippen molar-refractivity contribution in [2.45, 2.75) is 6.54 Å². The second-order valence-corrected chi connectivity index (χ2v) is 5.14. The van der Waals surface area contributed by atoms with Crippen molar-refractivity contribution in [3.05, 3.63) is 52.0 Å². The van der Waals surface area contributed by atoms with Crippen molar-refractivity contribution in [3.63, 3.8) is 0 Å². The van der Waals surface area contributed by atoms with E-state index in [0.717, 1.165) is 10.4 Å². The number of thiophene rings is 1. The minimum atomic E-state index is -0.0223. The van der Waals surface area contributed by atoms with Gasteiger partial charge in [-0.05, 0) is 17.7 Å². The molecule has 0 fully saturated rings. The van der Waals surface area contributed by atoms with Gasteiger partial charge in [0.05, 0.1) is 17.0 Å². The number of carbonyl (C=O) groups is 1. The summed E-state index contributed by atoms with van der Waals surface area (Å²) in [5.74, 6) is 5.69. The zero-order valence-electron chi connectivity index (χ0n) is 11.2. The van der Waals surface area contributed by atoms with Gasteiger partial charge in [-0.15, -0.1) is 11.3 Å². The Bertz CT molecular complexity index is 640. The van der Waals surface area contributed by atoms with Crippen LogP contribution in [0.15, 0.2) is 36.0 Å². The lowest BCUT2D eigenvalue weighted by atomic mass is 10.2. The van der Waals surface area contributed by atoms with Crippen LogP contribution in [0.1, 0.15) is 20.8 Å². The van der Waals surface area contributed by atoms with Gasteiger partial charge in [-0.2, -0.15) is 0 Å². The van der Waals surface area contributed by atoms with Crippen molar-refractivity contribution < 1.29 is 4.79 Å². The molecule has 102 valence electrons. The van der Waals surface area contributed by atoms with Crippen molar-refractivity contribution in [3.8, 4) is 11.8 Å². The summed E-state index contributed by atoms with van der Waals surface area (Å²) in [7, 11) is 1.78. The average Bonchev–Trinajstić information content (AvgIpc) is 2.94. The molecule has 0 spiro atoms. The normalized spacial score (nSPS) is 9.70. The van der Waals surface area contributed by atoms with Gasteiger partial charge in [0.25, 0.3) is 5.91 Å². The van der Waals surface area contributed by atoms with E-state index >= 15 is 0 Å². The second-order valence-electron chi connectivity index (χ2n) is 4.23. The first-order valence-corrected chi connectivity index (χ1v) is 7.00. The lowest BCUT2D eigenvalue weighted by molar-refractivity contribution is 0.0785. The Morgan fingerprint density at radius 3 is 3.10 bits per heavy atom. The van der Waals surface area contributed by atoms with E-state index in [0.29, 0.717) is 18.7 Å². The van der Waals surface area contributed by atoms with E-state index in [1.165, 1.54) is 11.3 Å². The van der Waals surface area contributed by atoms with Crippen molar-refractivity contribution in [2.75, 3.05) is 13.6 Å². The number of amides is 1. The number of hydrogen-bond acceptors (Lipinski definition) is 4. The van der Waals surface area contributed by atoms with Crippen LogP contribution in [0.5, 0.6) is 0 Å². The van der Waals surface area contributed by atoms with Crippen LogP contribution in [0.4, 0.5) is 0 Å². The predicted octanol–water partition coefficient (Wildman–Crippen LogP) is 1.73. The van der Waals surface area contributed by atoms with Crippen molar-refractivity contribution >= 4 is 17.2 Å². The zero-order valence-corrected chi connectivity index (χ0v) is 12.0. The molecule has 2 aromatic heterocycles. The number of hydrogen-bond donors (Lipinski definition) is 1. The molecule has 0 unspecified atom stereocenters. The summed E-state index contributed by atoms with van der Waals surface area (Å²) in [5, 5.41) is 1.82. The summed E-state index contributed by atoms with van der Waals surface area (Å²) in [6.45, 7) is 0.856. The summed E-state index contributed by atoms with van der Waals surface area (Å²) >= 11 is 1.45. The number of aromatic nitrogens is 1. The monoisotopic (exact) mass is 285 g/mol. The molecule has 0 radical (unpaired) electrons. The summed E-state index contributed by atoms with van der Waals surface area (Å²) in [6, 6.07) is 5.61. The third-order valence-corrected chi connectivity index (χ3v) is 3.49. The van der Waals surface area contributed by atoms with Crippen molar-refractivity contribution in [1.82, 2.24) is 9.88 Å². The van der Waals surface area contributed by atoms with Gasteiger partial charge in [0, 0.05) is 31.4 Å². The molecule has 5 heteroatoms. The van der Waals surface area contributed by atoms with Gasteiger partial charge in [-0.3, -0.25) is 9.78 Å². The van der Waals surface area contributed by atoms with E-state index < -0.39 is 0 Å². The maximum atomic E-state index is 12.3. The molecular formula is C15H15N3OS. The summed E-state index contributed by atoms with van der Waals surface area (Å²) in [4.78, 5) is 18.8. The van der Waals surface area contributed by atoms with Crippen LogP contribution in [-0.2, 0) is 6.54 Å². The predicted molar refractivity (Wildman–Crippen MR) is 80.3 cm³/mol. The Hall–Kier alpha value is -2.16. The van der Waals surface area contributed by atoms with Crippen molar-refractivity contribution in [2.24, 2.45) is 5.73 Å². The molecule has 0 bridgehead atoms. The average molecular weight is 285 g/mol. The van der Waals surface area contributed by atoms with E-state index in [1.807, 2.05) is 17.5 Å². The molecule has 0 aliphatic carbocycles. The van der Waals surface area contributed by atoms with E-state index in [1.54, 1.807) is 30.4 Å². The molecule has 20 heavy (non-hydrogen) atoms. The molecule has 2 rings (SSSR count). The molecule has 0 saturated carbocycles. The zero-order chi connectivity index (χ0) is 14.4. The van der Waals surface area contributed by atoms with Crippen LogP contribution >= 0.6 is 11.3 Å².